The van der Waals surface area contributed by atoms with E-state index in [4.69, 9.17) is 10.00 Å². The Morgan fingerprint density at radius 2 is 2.29 bits per heavy atom. The van der Waals surface area contributed by atoms with Gasteiger partial charge in [0, 0.05) is 12.0 Å². The van der Waals surface area contributed by atoms with E-state index in [0.717, 1.165) is 0 Å². The van der Waals surface area contributed by atoms with E-state index in [9.17, 15) is 5.11 Å². The van der Waals surface area contributed by atoms with Crippen molar-refractivity contribution >= 4 is 0 Å². The van der Waals surface area contributed by atoms with Crippen molar-refractivity contribution in [2.75, 3.05) is 0 Å². The molecule has 2 atom stereocenters. The van der Waals surface area contributed by atoms with Crippen LogP contribution in [0.4, 0.5) is 0 Å². The van der Waals surface area contributed by atoms with E-state index < -0.39 is 11.7 Å². The third-order valence-electron chi connectivity index (χ3n) is 2.66. The first-order valence-electron chi connectivity index (χ1n) is 4.61. The molecule has 2 rings (SSSR count). The molecule has 0 saturated carbocycles. The Morgan fingerprint density at radius 3 is 2.86 bits per heavy atom. The molecule has 72 valence electrons. The molecule has 1 N–H and O–H groups in total. The number of aliphatic hydroxyl groups excluding tert-OH is 1. The fourth-order valence-electron chi connectivity index (χ4n) is 1.73. The summed E-state index contributed by atoms with van der Waals surface area (Å²) in [4.78, 5) is 0. The second-order valence-corrected chi connectivity index (χ2v) is 3.40. The van der Waals surface area contributed by atoms with Crippen LogP contribution >= 0.6 is 0 Å². The third kappa shape index (κ3) is 1.01. The molecule has 3 nitrogen and oxygen atoms in total. The molecule has 1 aliphatic heterocycles. The fourth-order valence-corrected chi connectivity index (χ4v) is 1.73. The van der Waals surface area contributed by atoms with Gasteiger partial charge in [0.1, 0.15) is 17.9 Å². The third-order valence-corrected chi connectivity index (χ3v) is 2.66. The zero-order valence-corrected chi connectivity index (χ0v) is 7.90. The van der Waals surface area contributed by atoms with Crippen LogP contribution < -0.4 is 4.74 Å². The lowest BCUT2D eigenvalue weighted by Crippen LogP contribution is -2.35. The van der Waals surface area contributed by atoms with Crippen molar-refractivity contribution in [3.8, 4) is 11.8 Å². The molecule has 0 radical (unpaired) electrons. The van der Waals surface area contributed by atoms with Crippen LogP contribution in [-0.2, 0) is 0 Å². The number of para-hydroxylation sites is 1. The van der Waals surface area contributed by atoms with Crippen molar-refractivity contribution in [3.05, 3.63) is 29.8 Å². The van der Waals surface area contributed by atoms with Crippen LogP contribution in [0.5, 0.6) is 5.75 Å². The lowest BCUT2D eigenvalue weighted by Gasteiger charge is -2.22. The molecule has 1 aromatic rings. The number of nitriles is 1. The van der Waals surface area contributed by atoms with Crippen molar-refractivity contribution in [2.24, 2.45) is 0 Å². The average molecular weight is 189 g/mol. The van der Waals surface area contributed by atoms with Gasteiger partial charge >= 0.3 is 0 Å². The minimum atomic E-state index is -1.09. The summed E-state index contributed by atoms with van der Waals surface area (Å²) in [6.07, 6.45) is -0.368. The fraction of sp³-hybridized carbons (Fsp3) is 0.364. The molecule has 0 spiro atoms. The number of rotatable bonds is 1. The highest BCUT2D eigenvalue weighted by Gasteiger charge is 2.46. The average Bonchev–Trinajstić information content (AvgIpc) is 2.53. The number of fused-ring (bicyclic) bond motifs is 1. The second kappa shape index (κ2) is 3.00. The maximum absolute atomic E-state index is 9.94. The molecule has 3 heteroatoms. The molecular formula is C11H11NO2. The second-order valence-electron chi connectivity index (χ2n) is 3.40. The molecule has 1 heterocycles. The van der Waals surface area contributed by atoms with Crippen LogP contribution in [0.2, 0.25) is 0 Å². The summed E-state index contributed by atoms with van der Waals surface area (Å²) in [6, 6.07) is 9.27. The van der Waals surface area contributed by atoms with Crippen LogP contribution in [0.3, 0.4) is 0 Å². The van der Waals surface area contributed by atoms with E-state index >= 15 is 0 Å². The normalized spacial score (nSPS) is 29.1. The first-order valence-corrected chi connectivity index (χ1v) is 4.61. The minimum Gasteiger partial charge on any atom is -0.469 e. The van der Waals surface area contributed by atoms with Crippen molar-refractivity contribution < 1.29 is 9.84 Å². The molecular weight excluding hydrogens is 178 g/mol. The van der Waals surface area contributed by atoms with Gasteiger partial charge in [0.15, 0.2) is 0 Å². The molecule has 0 aliphatic carbocycles. The molecule has 0 bridgehead atoms. The largest absolute Gasteiger partial charge is 0.469 e. The van der Waals surface area contributed by atoms with Gasteiger partial charge in [-0.2, -0.15) is 5.26 Å². The molecule has 1 aromatic carbocycles. The Kier molecular flexibility index (Phi) is 1.94. The van der Waals surface area contributed by atoms with Gasteiger partial charge in [-0.15, -0.1) is 0 Å². The zero-order chi connectivity index (χ0) is 10.2. The van der Waals surface area contributed by atoms with E-state index in [1.54, 1.807) is 12.1 Å². The first-order chi connectivity index (χ1) is 6.73. The van der Waals surface area contributed by atoms with Gasteiger partial charge in [-0.3, -0.25) is 0 Å². The summed E-state index contributed by atoms with van der Waals surface area (Å²) in [5.41, 5.74) is -0.389. The summed E-state index contributed by atoms with van der Waals surface area (Å²) < 4.78 is 5.49. The van der Waals surface area contributed by atoms with Gasteiger partial charge in [-0.1, -0.05) is 25.1 Å². The summed E-state index contributed by atoms with van der Waals surface area (Å²) >= 11 is 0. The van der Waals surface area contributed by atoms with Crippen LogP contribution in [0.1, 0.15) is 25.0 Å². The lowest BCUT2D eigenvalue weighted by atomic mass is 9.93. The molecule has 14 heavy (non-hydrogen) atoms. The van der Waals surface area contributed by atoms with Crippen LogP contribution in [0, 0.1) is 11.3 Å². The number of hydrogen-bond acceptors (Lipinski definition) is 3. The van der Waals surface area contributed by atoms with Crippen molar-refractivity contribution in [2.45, 2.75) is 25.0 Å². The van der Waals surface area contributed by atoms with Gasteiger partial charge < -0.3 is 9.84 Å². The number of hydrogen-bond donors (Lipinski definition) is 1. The van der Waals surface area contributed by atoms with Crippen LogP contribution in [-0.4, -0.2) is 10.7 Å². The van der Waals surface area contributed by atoms with Gasteiger partial charge in [0.2, 0.25) is 5.60 Å². The highest BCUT2D eigenvalue weighted by atomic mass is 16.5. The highest BCUT2D eigenvalue weighted by molar-refractivity contribution is 5.43. The molecule has 1 aliphatic rings. The maximum atomic E-state index is 9.94. The summed E-state index contributed by atoms with van der Waals surface area (Å²) in [5.74, 6) is 0.614. The van der Waals surface area contributed by atoms with E-state index in [0.29, 0.717) is 17.7 Å². The quantitative estimate of drug-likeness (QED) is 0.732. The summed E-state index contributed by atoms with van der Waals surface area (Å²) in [6.45, 7) is 1.83. The number of ether oxygens (including phenoxy) is 1. The Morgan fingerprint density at radius 1 is 1.57 bits per heavy atom. The summed E-state index contributed by atoms with van der Waals surface area (Å²) in [7, 11) is 0. The molecule has 0 amide bonds. The van der Waals surface area contributed by atoms with Crippen molar-refractivity contribution in [1.29, 1.82) is 5.26 Å². The number of aliphatic hydroxyl groups is 1. The topological polar surface area (TPSA) is 53.2 Å². The van der Waals surface area contributed by atoms with Crippen molar-refractivity contribution in [1.82, 2.24) is 0 Å². The first kappa shape index (κ1) is 9.04. The predicted molar refractivity (Wildman–Crippen MR) is 50.7 cm³/mol. The van der Waals surface area contributed by atoms with E-state index in [1.165, 1.54) is 0 Å². The number of benzene rings is 1. The Bertz CT molecular complexity index is 397. The molecule has 0 aromatic heterocycles. The summed E-state index contributed by atoms with van der Waals surface area (Å²) in [5, 5.41) is 19.0. The Balaban J connectivity index is 2.48. The molecule has 0 fully saturated rings. The van der Waals surface area contributed by atoms with Crippen molar-refractivity contribution in [3.63, 3.8) is 0 Å². The number of nitrogens with zero attached hydrogens (tertiary/aromatic N) is 1. The lowest BCUT2D eigenvalue weighted by molar-refractivity contribution is 0.0121. The van der Waals surface area contributed by atoms with Crippen LogP contribution in [0.25, 0.3) is 0 Å². The minimum absolute atomic E-state index is 0.472. The van der Waals surface area contributed by atoms with E-state index in [-0.39, 0.29) is 0 Å². The Hall–Kier alpha value is -1.53. The van der Waals surface area contributed by atoms with E-state index in [2.05, 4.69) is 6.07 Å². The molecule has 0 saturated heterocycles. The molecule has 2 unspecified atom stereocenters. The highest BCUT2D eigenvalue weighted by Crippen LogP contribution is 2.44. The Labute approximate surface area is 82.6 Å². The van der Waals surface area contributed by atoms with Gasteiger partial charge in [0.25, 0.3) is 0 Å². The van der Waals surface area contributed by atoms with Gasteiger partial charge in [-0.25, -0.2) is 0 Å². The standard InChI is InChI=1S/C11H11NO2/c1-2-11(7-12)10(13)8-5-3-4-6-9(8)14-11/h3-6,10,13H,2H2,1H3. The zero-order valence-electron chi connectivity index (χ0n) is 7.90. The van der Waals surface area contributed by atoms with Gasteiger partial charge in [0.05, 0.1) is 0 Å². The predicted octanol–water partition coefficient (Wildman–Crippen LogP) is 1.78. The van der Waals surface area contributed by atoms with Gasteiger partial charge in [-0.05, 0) is 6.07 Å². The van der Waals surface area contributed by atoms with E-state index in [1.807, 2.05) is 19.1 Å². The monoisotopic (exact) mass is 189 g/mol. The van der Waals surface area contributed by atoms with Crippen LogP contribution in [0.15, 0.2) is 24.3 Å². The SMILES string of the molecule is CCC1(C#N)Oc2ccccc2C1O. The maximum Gasteiger partial charge on any atom is 0.223 e. The smallest absolute Gasteiger partial charge is 0.223 e.